The fraction of sp³-hybridized carbons (Fsp3) is 0.333. The van der Waals surface area contributed by atoms with Crippen molar-refractivity contribution in [1.82, 2.24) is 5.32 Å². The summed E-state index contributed by atoms with van der Waals surface area (Å²) in [5.41, 5.74) is 4.31. The van der Waals surface area contributed by atoms with Crippen LogP contribution in [0.25, 0.3) is 0 Å². The van der Waals surface area contributed by atoms with Crippen LogP contribution in [0, 0.1) is 5.82 Å². The third-order valence-electron chi connectivity index (χ3n) is 3.91. The molecule has 0 amide bonds. The number of nitrogens with one attached hydrogen (secondary N) is 1. The van der Waals surface area contributed by atoms with Gasteiger partial charge in [-0.25, -0.2) is 4.39 Å². The van der Waals surface area contributed by atoms with Crippen LogP contribution < -0.4 is 5.32 Å². The number of rotatable bonds is 5. The van der Waals surface area contributed by atoms with Crippen molar-refractivity contribution < 1.29 is 4.39 Å². The molecule has 0 bridgehead atoms. The highest BCUT2D eigenvalue weighted by Crippen LogP contribution is 2.29. The van der Waals surface area contributed by atoms with E-state index in [1.54, 1.807) is 18.2 Å². The van der Waals surface area contributed by atoms with E-state index in [1.165, 1.54) is 11.1 Å². The maximum Gasteiger partial charge on any atom is 0.146 e. The van der Waals surface area contributed by atoms with Gasteiger partial charge in [-0.15, -0.1) is 0 Å². The van der Waals surface area contributed by atoms with Crippen LogP contribution in [0.5, 0.6) is 0 Å². The van der Waals surface area contributed by atoms with E-state index in [0.717, 1.165) is 18.4 Å². The molecule has 0 saturated carbocycles. The molecule has 2 aromatic carbocycles. The standard InChI is InChI=1S/C18H21ClFN/c1-4-12-9-10-14(11-13(12)5-2)18(21-3)15-7-6-8-16(19)17(15)20/h6-11,18,21H,4-5H2,1-3H3. The van der Waals surface area contributed by atoms with E-state index in [4.69, 9.17) is 11.6 Å². The fourth-order valence-corrected chi connectivity index (χ4v) is 2.93. The average Bonchev–Trinajstić information content (AvgIpc) is 2.51. The van der Waals surface area contributed by atoms with Crippen molar-refractivity contribution in [2.75, 3.05) is 7.05 Å². The Bertz CT molecular complexity index is 625. The molecule has 2 aromatic rings. The highest BCUT2D eigenvalue weighted by atomic mass is 35.5. The molecule has 1 atom stereocenters. The Balaban J connectivity index is 2.49. The first kappa shape index (κ1) is 16.0. The Morgan fingerprint density at radius 1 is 1.10 bits per heavy atom. The largest absolute Gasteiger partial charge is 0.309 e. The van der Waals surface area contributed by atoms with E-state index in [0.29, 0.717) is 5.56 Å². The zero-order valence-corrected chi connectivity index (χ0v) is 13.5. The molecule has 0 spiro atoms. The van der Waals surface area contributed by atoms with Gasteiger partial charge in [0.2, 0.25) is 0 Å². The summed E-state index contributed by atoms with van der Waals surface area (Å²) < 4.78 is 14.3. The van der Waals surface area contributed by atoms with E-state index < -0.39 is 0 Å². The SMILES string of the molecule is CCc1ccc(C(NC)c2cccc(Cl)c2F)cc1CC. The highest BCUT2D eigenvalue weighted by Gasteiger charge is 2.18. The van der Waals surface area contributed by atoms with Gasteiger partial charge in [-0.3, -0.25) is 0 Å². The Morgan fingerprint density at radius 3 is 2.43 bits per heavy atom. The number of halogens is 2. The quantitative estimate of drug-likeness (QED) is 0.827. The van der Waals surface area contributed by atoms with Crippen molar-refractivity contribution in [3.63, 3.8) is 0 Å². The number of aryl methyl sites for hydroxylation is 2. The molecule has 0 saturated heterocycles. The molecule has 0 aromatic heterocycles. The molecular weight excluding hydrogens is 285 g/mol. The minimum absolute atomic E-state index is 0.161. The molecule has 2 rings (SSSR count). The zero-order valence-electron chi connectivity index (χ0n) is 12.7. The molecule has 0 heterocycles. The molecule has 0 radical (unpaired) electrons. The first-order valence-electron chi connectivity index (χ1n) is 7.35. The van der Waals surface area contributed by atoms with Gasteiger partial charge < -0.3 is 5.32 Å². The van der Waals surface area contributed by atoms with Crippen molar-refractivity contribution in [3.8, 4) is 0 Å². The summed E-state index contributed by atoms with van der Waals surface area (Å²) in [7, 11) is 1.84. The molecule has 0 fully saturated rings. The van der Waals surface area contributed by atoms with Crippen molar-refractivity contribution >= 4 is 11.6 Å². The molecule has 0 aliphatic rings. The second kappa shape index (κ2) is 7.06. The molecule has 112 valence electrons. The highest BCUT2D eigenvalue weighted by molar-refractivity contribution is 6.30. The van der Waals surface area contributed by atoms with Gasteiger partial charge >= 0.3 is 0 Å². The Labute approximate surface area is 131 Å². The lowest BCUT2D eigenvalue weighted by Crippen LogP contribution is -2.19. The summed E-state index contributed by atoms with van der Waals surface area (Å²) in [6.45, 7) is 4.30. The predicted molar refractivity (Wildman–Crippen MR) is 87.5 cm³/mol. The summed E-state index contributed by atoms with van der Waals surface area (Å²) >= 11 is 5.91. The van der Waals surface area contributed by atoms with Crippen LogP contribution in [0.15, 0.2) is 36.4 Å². The van der Waals surface area contributed by atoms with Gasteiger partial charge in [0.15, 0.2) is 0 Å². The molecule has 3 heteroatoms. The summed E-state index contributed by atoms with van der Waals surface area (Å²) in [4.78, 5) is 0. The maximum atomic E-state index is 14.3. The third-order valence-corrected chi connectivity index (χ3v) is 4.20. The fourth-order valence-electron chi connectivity index (χ4n) is 2.74. The second-order valence-electron chi connectivity index (χ2n) is 5.10. The zero-order chi connectivity index (χ0) is 15.4. The maximum absolute atomic E-state index is 14.3. The number of hydrogen-bond acceptors (Lipinski definition) is 1. The summed E-state index contributed by atoms with van der Waals surface area (Å²) in [5.74, 6) is -0.351. The van der Waals surface area contributed by atoms with Gasteiger partial charge in [0.1, 0.15) is 5.82 Å². The van der Waals surface area contributed by atoms with Crippen LogP contribution in [0.4, 0.5) is 4.39 Å². The van der Waals surface area contributed by atoms with Gasteiger partial charge in [0.05, 0.1) is 11.1 Å². The van der Waals surface area contributed by atoms with Crippen LogP contribution in [-0.2, 0) is 12.8 Å². The lowest BCUT2D eigenvalue weighted by atomic mass is 9.93. The van der Waals surface area contributed by atoms with Crippen LogP contribution in [0.2, 0.25) is 5.02 Å². The lowest BCUT2D eigenvalue weighted by molar-refractivity contribution is 0.576. The van der Waals surface area contributed by atoms with Crippen molar-refractivity contribution in [2.24, 2.45) is 0 Å². The minimum Gasteiger partial charge on any atom is -0.309 e. The first-order chi connectivity index (χ1) is 10.1. The van der Waals surface area contributed by atoms with Crippen LogP contribution in [0.3, 0.4) is 0 Å². The van der Waals surface area contributed by atoms with Gasteiger partial charge in [-0.05, 0) is 42.6 Å². The predicted octanol–water partition coefficient (Wildman–Crippen LogP) is 4.91. The van der Waals surface area contributed by atoms with E-state index in [2.05, 4.69) is 37.4 Å². The van der Waals surface area contributed by atoms with E-state index in [-0.39, 0.29) is 16.9 Å². The third kappa shape index (κ3) is 3.28. The van der Waals surface area contributed by atoms with Gasteiger partial charge in [-0.1, -0.05) is 55.8 Å². The summed E-state index contributed by atoms with van der Waals surface area (Å²) in [6.07, 6.45) is 1.99. The molecule has 21 heavy (non-hydrogen) atoms. The van der Waals surface area contributed by atoms with Crippen LogP contribution in [0.1, 0.15) is 42.1 Å². The second-order valence-corrected chi connectivity index (χ2v) is 5.51. The lowest BCUT2D eigenvalue weighted by Gasteiger charge is -2.20. The molecule has 1 unspecified atom stereocenters. The molecule has 1 nitrogen and oxygen atoms in total. The van der Waals surface area contributed by atoms with E-state index in [1.807, 2.05) is 7.05 Å². The van der Waals surface area contributed by atoms with E-state index >= 15 is 0 Å². The number of hydrogen-bond donors (Lipinski definition) is 1. The Kier molecular flexibility index (Phi) is 5.38. The summed E-state index contributed by atoms with van der Waals surface area (Å²) in [6, 6.07) is 11.3. The number of benzene rings is 2. The normalized spacial score (nSPS) is 12.4. The van der Waals surface area contributed by atoms with Gasteiger partial charge in [-0.2, -0.15) is 0 Å². The summed E-state index contributed by atoms with van der Waals surface area (Å²) in [5, 5.41) is 3.35. The molecular formula is C18H21ClFN. The van der Waals surface area contributed by atoms with Crippen LogP contribution in [-0.4, -0.2) is 7.05 Å². The topological polar surface area (TPSA) is 12.0 Å². The molecule has 0 aliphatic heterocycles. The van der Waals surface area contributed by atoms with Crippen molar-refractivity contribution in [1.29, 1.82) is 0 Å². The smallest absolute Gasteiger partial charge is 0.146 e. The van der Waals surface area contributed by atoms with Crippen molar-refractivity contribution in [2.45, 2.75) is 32.7 Å². The molecule has 0 aliphatic carbocycles. The Morgan fingerprint density at radius 2 is 1.81 bits per heavy atom. The molecule has 1 N–H and O–H groups in total. The Hall–Kier alpha value is -1.38. The van der Waals surface area contributed by atoms with Crippen molar-refractivity contribution in [3.05, 3.63) is 69.5 Å². The average molecular weight is 306 g/mol. The van der Waals surface area contributed by atoms with Gasteiger partial charge in [0.25, 0.3) is 0 Å². The van der Waals surface area contributed by atoms with Gasteiger partial charge in [0, 0.05) is 5.56 Å². The van der Waals surface area contributed by atoms with E-state index in [9.17, 15) is 4.39 Å². The first-order valence-corrected chi connectivity index (χ1v) is 7.73. The van der Waals surface area contributed by atoms with Crippen LogP contribution >= 0.6 is 11.6 Å². The monoisotopic (exact) mass is 305 g/mol. The minimum atomic E-state index is -0.351.